The molecule has 5 aromatic rings. The van der Waals surface area contributed by atoms with E-state index in [-0.39, 0.29) is 82.5 Å². The molecule has 0 radical (unpaired) electrons. The van der Waals surface area contributed by atoms with Gasteiger partial charge in [-0.1, -0.05) is 81.4 Å². The number of likely N-dealkylation sites (tertiary alicyclic amines) is 1. The van der Waals surface area contributed by atoms with E-state index in [1.165, 1.54) is 4.90 Å². The predicted octanol–water partition coefficient (Wildman–Crippen LogP) is 3.96. The second-order valence-electron chi connectivity index (χ2n) is 17.3. The summed E-state index contributed by atoms with van der Waals surface area (Å²) in [5.41, 5.74) is 12.8. The quantitative estimate of drug-likeness (QED) is 0.0508. The van der Waals surface area contributed by atoms with Crippen LogP contribution in [0.1, 0.15) is 49.6 Å². The maximum Gasteiger partial charge on any atom is 0.246 e. The zero-order chi connectivity index (χ0) is 48.6. The van der Waals surface area contributed by atoms with Crippen molar-refractivity contribution in [1.29, 1.82) is 0 Å². The highest BCUT2D eigenvalue weighted by molar-refractivity contribution is 7.13. The van der Waals surface area contributed by atoms with Crippen molar-refractivity contribution in [3.05, 3.63) is 107 Å². The van der Waals surface area contributed by atoms with Crippen molar-refractivity contribution in [3.8, 4) is 33.2 Å². The van der Waals surface area contributed by atoms with Crippen LogP contribution >= 0.6 is 11.3 Å². The van der Waals surface area contributed by atoms with Crippen molar-refractivity contribution in [2.24, 2.45) is 5.41 Å². The topological polar surface area (TPSA) is 250 Å². The van der Waals surface area contributed by atoms with Crippen LogP contribution < -0.4 is 26.4 Å². The fourth-order valence-electron chi connectivity index (χ4n) is 7.33. The lowest BCUT2D eigenvalue weighted by molar-refractivity contribution is -0.144. The van der Waals surface area contributed by atoms with Crippen LogP contribution in [0.15, 0.2) is 84.4 Å². The number of ether oxygens (including phenoxy) is 4. The van der Waals surface area contributed by atoms with Crippen LogP contribution in [0, 0.1) is 12.3 Å². The number of phenolic OH excluding ortho intramolecular Hbond substituents is 1. The van der Waals surface area contributed by atoms with Crippen molar-refractivity contribution in [2.75, 3.05) is 58.5 Å². The summed E-state index contributed by atoms with van der Waals surface area (Å²) < 4.78 is 22.3. The van der Waals surface area contributed by atoms with Crippen LogP contribution in [0.4, 0.5) is 5.82 Å². The number of benzene rings is 3. The molecule has 0 spiro atoms. The standard InChI is InChI=1S/C49H60N8O10S/c1-31-44(68-30-53-31)35-15-13-34(14-16-35)26-52-47(62)39-23-36(58)27-57(39)48(63)45(49(2,3)4)54-43(61)29-66-22-20-64-19-21-65-28-42(60)51-25-33-11-9-32(10-12-33)17-18-67-41-24-38(55-56-46(41)50)37-7-5-6-8-40(37)59/h5-16,24,30,36,39,45,58-59H,17-23,25-29H2,1-4H3,(H2,50,56)(H,51,60)(H,52,62)(H,54,61)/t36-,39+,45-/m1/s1. The highest BCUT2D eigenvalue weighted by Gasteiger charge is 2.44. The summed E-state index contributed by atoms with van der Waals surface area (Å²) in [5, 5.41) is 37.2. The number of carbonyl (C=O) groups excluding carboxylic acids is 4. The highest BCUT2D eigenvalue weighted by Crippen LogP contribution is 2.31. The molecule has 3 heterocycles. The second kappa shape index (κ2) is 24.5. The molecule has 0 bridgehead atoms. The zero-order valence-electron chi connectivity index (χ0n) is 38.7. The Labute approximate surface area is 399 Å². The molecule has 1 aliphatic heterocycles. The molecule has 19 heteroatoms. The Morgan fingerprint density at radius 3 is 2.13 bits per heavy atom. The summed E-state index contributed by atoms with van der Waals surface area (Å²) in [4.78, 5) is 59.4. The number of hydrogen-bond acceptors (Lipinski definition) is 15. The first kappa shape index (κ1) is 50.9. The van der Waals surface area contributed by atoms with Crippen LogP contribution in [-0.4, -0.2) is 125 Å². The lowest BCUT2D eigenvalue weighted by Crippen LogP contribution is -2.58. The number of aromatic nitrogens is 3. The number of β-amino-alcohol motifs (C(OH)–C–C–N with tert-alkyl or cyclic N) is 1. The monoisotopic (exact) mass is 952 g/mol. The maximum atomic E-state index is 13.9. The number of para-hydroxylation sites is 1. The fraction of sp³-hybridized carbons (Fsp3) is 0.408. The van der Waals surface area contributed by atoms with Crippen molar-refractivity contribution in [2.45, 2.75) is 71.8 Å². The second-order valence-corrected chi connectivity index (χ2v) is 18.2. The number of aromatic hydroxyl groups is 1. The third-order valence-corrected chi connectivity index (χ3v) is 12.0. The molecule has 0 unspecified atom stereocenters. The molecule has 68 heavy (non-hydrogen) atoms. The van der Waals surface area contributed by atoms with Gasteiger partial charge in [0.2, 0.25) is 23.6 Å². The Morgan fingerprint density at radius 2 is 1.47 bits per heavy atom. The Morgan fingerprint density at radius 1 is 0.838 bits per heavy atom. The maximum absolute atomic E-state index is 13.9. The molecule has 7 N–H and O–H groups in total. The lowest BCUT2D eigenvalue weighted by Gasteiger charge is -2.35. The van der Waals surface area contributed by atoms with E-state index in [9.17, 15) is 29.4 Å². The van der Waals surface area contributed by atoms with Crippen LogP contribution in [-0.2, 0) is 52.9 Å². The number of aliphatic hydroxyl groups excluding tert-OH is 1. The number of amides is 4. The van der Waals surface area contributed by atoms with E-state index in [1.54, 1.807) is 47.2 Å². The lowest BCUT2D eigenvalue weighted by atomic mass is 9.85. The number of nitrogens with one attached hydrogen (secondary N) is 3. The first-order chi connectivity index (χ1) is 32.7. The molecule has 3 atom stereocenters. The number of phenols is 1. The number of nitrogens with zero attached hydrogens (tertiary/aromatic N) is 4. The van der Waals surface area contributed by atoms with Gasteiger partial charge in [0.25, 0.3) is 0 Å². The van der Waals surface area contributed by atoms with Gasteiger partial charge in [0.05, 0.1) is 55.2 Å². The van der Waals surface area contributed by atoms with E-state index in [0.717, 1.165) is 32.8 Å². The Hall–Kier alpha value is -6.51. The number of thiazole rings is 1. The molecule has 1 fully saturated rings. The largest absolute Gasteiger partial charge is 0.507 e. The number of rotatable bonds is 23. The number of aryl methyl sites for hydroxylation is 1. The van der Waals surface area contributed by atoms with Gasteiger partial charge in [0, 0.05) is 44.1 Å². The Balaban J connectivity index is 0.817. The summed E-state index contributed by atoms with van der Waals surface area (Å²) in [6, 6.07) is 22.1. The number of aliphatic hydroxyl groups is 1. The molecule has 0 aliphatic carbocycles. The summed E-state index contributed by atoms with van der Waals surface area (Å²) in [6.45, 7) is 8.43. The third-order valence-electron chi connectivity index (χ3n) is 11.0. The van der Waals surface area contributed by atoms with Gasteiger partial charge >= 0.3 is 0 Å². The van der Waals surface area contributed by atoms with Gasteiger partial charge in [0.15, 0.2) is 11.6 Å². The summed E-state index contributed by atoms with van der Waals surface area (Å²) >= 11 is 1.56. The number of nitrogen functional groups attached to an aromatic ring is 1. The first-order valence-electron chi connectivity index (χ1n) is 22.3. The van der Waals surface area contributed by atoms with Gasteiger partial charge in [-0.25, -0.2) is 4.98 Å². The van der Waals surface area contributed by atoms with E-state index in [4.69, 9.17) is 24.7 Å². The van der Waals surface area contributed by atoms with Crippen LogP contribution in [0.2, 0.25) is 0 Å². The fourth-order valence-corrected chi connectivity index (χ4v) is 8.14. The van der Waals surface area contributed by atoms with Crippen LogP contribution in [0.3, 0.4) is 0 Å². The molecule has 1 saturated heterocycles. The highest BCUT2D eigenvalue weighted by atomic mass is 32.1. The van der Waals surface area contributed by atoms with Crippen molar-refractivity contribution in [3.63, 3.8) is 0 Å². The molecule has 18 nitrogen and oxygen atoms in total. The average Bonchev–Trinajstić information content (AvgIpc) is 3.94. The summed E-state index contributed by atoms with van der Waals surface area (Å²) in [6.07, 6.45) is -0.207. The predicted molar refractivity (Wildman–Crippen MR) is 255 cm³/mol. The molecule has 4 amide bonds. The van der Waals surface area contributed by atoms with E-state index in [0.29, 0.717) is 36.6 Å². The molecule has 0 saturated carbocycles. The van der Waals surface area contributed by atoms with Gasteiger partial charge < -0.3 is 55.7 Å². The number of carbonyl (C=O) groups is 4. The van der Waals surface area contributed by atoms with Gasteiger partial charge in [0.1, 0.15) is 36.7 Å². The Bertz CT molecular complexity index is 2460. The normalized spacial score (nSPS) is 15.2. The van der Waals surface area contributed by atoms with Crippen molar-refractivity contribution < 1.29 is 48.3 Å². The molecule has 3 aromatic carbocycles. The van der Waals surface area contributed by atoms with Gasteiger partial charge in [-0.3, -0.25) is 19.2 Å². The van der Waals surface area contributed by atoms with Gasteiger partial charge in [-0.05, 0) is 46.7 Å². The zero-order valence-corrected chi connectivity index (χ0v) is 39.6. The summed E-state index contributed by atoms with van der Waals surface area (Å²) in [5.74, 6) is -1.05. The molecular formula is C49H60N8O10S. The van der Waals surface area contributed by atoms with E-state index < -0.39 is 35.4 Å². The molecular weight excluding hydrogens is 893 g/mol. The molecule has 1 aliphatic rings. The van der Waals surface area contributed by atoms with E-state index >= 15 is 0 Å². The average molecular weight is 953 g/mol. The smallest absolute Gasteiger partial charge is 0.246 e. The van der Waals surface area contributed by atoms with Crippen LogP contribution in [0.25, 0.3) is 21.7 Å². The number of nitrogens with two attached hydrogens (primary N) is 1. The van der Waals surface area contributed by atoms with Gasteiger partial charge in [-0.15, -0.1) is 21.5 Å². The minimum atomic E-state index is -0.990. The first-order valence-corrected chi connectivity index (χ1v) is 23.2. The van der Waals surface area contributed by atoms with Crippen molar-refractivity contribution >= 4 is 40.8 Å². The molecule has 362 valence electrons. The summed E-state index contributed by atoms with van der Waals surface area (Å²) in [7, 11) is 0. The van der Waals surface area contributed by atoms with Gasteiger partial charge in [-0.2, -0.15) is 0 Å². The van der Waals surface area contributed by atoms with Crippen LogP contribution in [0.5, 0.6) is 11.5 Å². The van der Waals surface area contributed by atoms with E-state index in [1.807, 2.05) is 76.2 Å². The SMILES string of the molecule is Cc1ncsc1-c1ccc(CNC(=O)[C@@H]2C[C@@H](O)CN2C(=O)[C@@H](NC(=O)COCCOCCOCC(=O)NCc2ccc(CCOc3cc(-c4ccccc4O)nnc3N)cc2)C(C)(C)C)cc1. The van der Waals surface area contributed by atoms with E-state index in [2.05, 4.69) is 31.1 Å². The number of anilines is 1. The third kappa shape index (κ3) is 14.7. The minimum absolute atomic E-state index is 0.0336. The minimum Gasteiger partial charge on any atom is -0.507 e. The Kier molecular flexibility index (Phi) is 18.3. The van der Waals surface area contributed by atoms with Crippen molar-refractivity contribution in [1.82, 2.24) is 36.0 Å². The molecule has 6 rings (SSSR count). The number of hydrogen-bond donors (Lipinski definition) is 6. The molecule has 2 aromatic heterocycles.